The molecule has 0 saturated carbocycles. The highest BCUT2D eigenvalue weighted by atomic mass is 16.6. The number of aliphatic hydroxyl groups is 1. The molecule has 0 spiro atoms. The standard InChI is InChI=1S/C33H34N2O8/c1-21-18-35(31(38)34-30(21)37)28-17-27-29(36)32(43-28,19-41-27)20-42-33(22-10-6-4-7-11-22,23-12-8-5-9-13-23)25-15-14-24(39-2)16-26(25)40-3/h4-16,18,27-29,36H,17,19-20H2,1-3H3,(H,34,37,38). The van der Waals surface area contributed by atoms with Gasteiger partial charge in [-0.3, -0.25) is 14.3 Å². The van der Waals surface area contributed by atoms with Gasteiger partial charge in [0, 0.05) is 29.8 Å². The zero-order valence-corrected chi connectivity index (χ0v) is 24.2. The molecule has 0 amide bonds. The molecule has 2 saturated heterocycles. The van der Waals surface area contributed by atoms with E-state index in [0.717, 1.165) is 16.7 Å². The van der Waals surface area contributed by atoms with Crippen molar-refractivity contribution in [2.24, 2.45) is 0 Å². The van der Waals surface area contributed by atoms with E-state index in [1.54, 1.807) is 27.2 Å². The number of benzene rings is 3. The maximum atomic E-state index is 12.8. The van der Waals surface area contributed by atoms with Gasteiger partial charge in [-0.05, 0) is 30.2 Å². The first-order valence-electron chi connectivity index (χ1n) is 14.1. The number of H-pyrrole nitrogens is 1. The van der Waals surface area contributed by atoms with Crippen molar-refractivity contribution < 1.29 is 28.8 Å². The van der Waals surface area contributed by atoms with E-state index in [1.165, 1.54) is 10.8 Å². The number of aromatic nitrogens is 2. The first kappa shape index (κ1) is 28.9. The lowest BCUT2D eigenvalue weighted by atomic mass is 9.79. The zero-order valence-electron chi connectivity index (χ0n) is 24.2. The van der Waals surface area contributed by atoms with Crippen molar-refractivity contribution >= 4 is 0 Å². The summed E-state index contributed by atoms with van der Waals surface area (Å²) >= 11 is 0. The van der Waals surface area contributed by atoms with Gasteiger partial charge in [-0.25, -0.2) is 4.79 Å². The molecule has 6 rings (SSSR count). The lowest BCUT2D eigenvalue weighted by molar-refractivity contribution is -0.224. The van der Waals surface area contributed by atoms with Gasteiger partial charge in [0.15, 0.2) is 0 Å². The molecule has 2 bridgehead atoms. The monoisotopic (exact) mass is 586 g/mol. The maximum Gasteiger partial charge on any atom is 0.330 e. The van der Waals surface area contributed by atoms with Crippen LogP contribution in [0.2, 0.25) is 0 Å². The van der Waals surface area contributed by atoms with Gasteiger partial charge >= 0.3 is 5.69 Å². The summed E-state index contributed by atoms with van der Waals surface area (Å²) < 4.78 is 32.3. The molecule has 4 atom stereocenters. The highest BCUT2D eigenvalue weighted by molar-refractivity contribution is 5.55. The molecule has 2 aliphatic heterocycles. The largest absolute Gasteiger partial charge is 0.497 e. The summed E-state index contributed by atoms with van der Waals surface area (Å²) in [7, 11) is 3.19. The Hall–Kier alpha value is -4.22. The molecular formula is C33H34N2O8. The van der Waals surface area contributed by atoms with Crippen LogP contribution in [0.15, 0.2) is 94.6 Å². The summed E-state index contributed by atoms with van der Waals surface area (Å²) in [6.07, 6.45) is -0.715. The third-order valence-electron chi connectivity index (χ3n) is 8.38. The van der Waals surface area contributed by atoms with Gasteiger partial charge in [0.2, 0.25) is 0 Å². The molecule has 43 heavy (non-hydrogen) atoms. The summed E-state index contributed by atoms with van der Waals surface area (Å²) in [6, 6.07) is 25.1. The smallest absolute Gasteiger partial charge is 0.330 e. The number of nitrogens with one attached hydrogen (secondary N) is 1. The second-order valence-corrected chi connectivity index (χ2v) is 10.9. The van der Waals surface area contributed by atoms with Gasteiger partial charge in [-0.2, -0.15) is 0 Å². The lowest BCUT2D eigenvalue weighted by Gasteiger charge is -2.44. The lowest BCUT2D eigenvalue weighted by Crippen LogP contribution is -2.57. The van der Waals surface area contributed by atoms with Crippen LogP contribution >= 0.6 is 0 Å². The van der Waals surface area contributed by atoms with Crippen molar-refractivity contribution in [3.05, 3.63) is 128 Å². The summed E-state index contributed by atoms with van der Waals surface area (Å²) in [5.74, 6) is 1.17. The number of methoxy groups -OCH3 is 2. The molecular weight excluding hydrogens is 552 g/mol. The molecule has 0 radical (unpaired) electrons. The van der Waals surface area contributed by atoms with Gasteiger partial charge in [0.25, 0.3) is 5.56 Å². The summed E-state index contributed by atoms with van der Waals surface area (Å²) in [4.78, 5) is 27.1. The fourth-order valence-corrected chi connectivity index (χ4v) is 6.10. The normalized spacial score (nSPS) is 23.2. The molecule has 1 aromatic heterocycles. The van der Waals surface area contributed by atoms with E-state index in [9.17, 15) is 14.7 Å². The van der Waals surface area contributed by atoms with Crippen molar-refractivity contribution in [2.75, 3.05) is 27.4 Å². The van der Waals surface area contributed by atoms with Gasteiger partial charge in [0.1, 0.15) is 35.0 Å². The average molecular weight is 587 g/mol. The molecule has 4 aromatic rings. The van der Waals surface area contributed by atoms with Crippen LogP contribution in [0.25, 0.3) is 0 Å². The fraction of sp³-hybridized carbons (Fsp3) is 0.333. The number of fused-ring (bicyclic) bond motifs is 2. The first-order valence-corrected chi connectivity index (χ1v) is 14.1. The van der Waals surface area contributed by atoms with Crippen molar-refractivity contribution in [1.29, 1.82) is 0 Å². The van der Waals surface area contributed by atoms with E-state index in [1.807, 2.05) is 72.8 Å². The highest BCUT2D eigenvalue weighted by Gasteiger charge is 2.58. The highest BCUT2D eigenvalue weighted by Crippen LogP contribution is 2.48. The number of nitrogens with zero attached hydrogens (tertiary/aromatic N) is 1. The molecule has 224 valence electrons. The summed E-state index contributed by atoms with van der Waals surface area (Å²) in [6.45, 7) is 1.57. The Labute approximate surface area is 248 Å². The minimum Gasteiger partial charge on any atom is -0.497 e. The number of hydrogen-bond acceptors (Lipinski definition) is 8. The van der Waals surface area contributed by atoms with Gasteiger partial charge in [-0.15, -0.1) is 0 Å². The van der Waals surface area contributed by atoms with Crippen LogP contribution in [0.5, 0.6) is 11.5 Å². The second kappa shape index (κ2) is 11.5. The quantitative estimate of drug-likeness (QED) is 0.287. The van der Waals surface area contributed by atoms with Crippen LogP contribution in [0, 0.1) is 6.92 Å². The predicted molar refractivity (Wildman–Crippen MR) is 158 cm³/mol. The van der Waals surface area contributed by atoms with Crippen LogP contribution in [-0.2, 0) is 19.8 Å². The number of rotatable bonds is 9. The van der Waals surface area contributed by atoms with E-state index in [2.05, 4.69) is 4.98 Å². The second-order valence-electron chi connectivity index (χ2n) is 10.9. The van der Waals surface area contributed by atoms with Crippen molar-refractivity contribution in [3.8, 4) is 11.5 Å². The van der Waals surface area contributed by atoms with Gasteiger partial charge < -0.3 is 28.8 Å². The molecule has 10 nitrogen and oxygen atoms in total. The van der Waals surface area contributed by atoms with Gasteiger partial charge in [0.05, 0.1) is 33.5 Å². The van der Waals surface area contributed by atoms with E-state index in [4.69, 9.17) is 23.7 Å². The van der Waals surface area contributed by atoms with E-state index in [-0.39, 0.29) is 19.6 Å². The number of aromatic amines is 1. The Bertz CT molecular complexity index is 1660. The van der Waals surface area contributed by atoms with Crippen LogP contribution < -0.4 is 20.7 Å². The minimum absolute atomic E-state index is 0.0474. The summed E-state index contributed by atoms with van der Waals surface area (Å²) in [5.41, 5.74) is -0.852. The third-order valence-corrected chi connectivity index (χ3v) is 8.38. The average Bonchev–Trinajstić information content (AvgIpc) is 3.20. The number of aryl methyl sites for hydroxylation is 1. The Morgan fingerprint density at radius 1 is 1.00 bits per heavy atom. The van der Waals surface area contributed by atoms with E-state index in [0.29, 0.717) is 17.1 Å². The van der Waals surface area contributed by atoms with Crippen molar-refractivity contribution in [2.45, 2.75) is 43.0 Å². The molecule has 0 aliphatic carbocycles. The van der Waals surface area contributed by atoms with Crippen molar-refractivity contribution in [1.82, 2.24) is 9.55 Å². The SMILES string of the molecule is COc1ccc(C(OCC23COC(CC(n4cc(C)c(=O)[nH]c4=O)O2)C3O)(c2ccccc2)c2ccccc2)c(OC)c1. The van der Waals surface area contributed by atoms with E-state index >= 15 is 0 Å². The van der Waals surface area contributed by atoms with Gasteiger partial charge in [-0.1, -0.05) is 60.7 Å². The predicted octanol–water partition coefficient (Wildman–Crippen LogP) is 3.29. The molecule has 2 N–H and O–H groups in total. The van der Waals surface area contributed by atoms with Crippen LogP contribution in [0.4, 0.5) is 0 Å². The molecule has 4 unspecified atom stereocenters. The third kappa shape index (κ3) is 4.96. The van der Waals surface area contributed by atoms with Crippen LogP contribution in [-0.4, -0.2) is 59.9 Å². The molecule has 2 fully saturated rings. The van der Waals surface area contributed by atoms with Crippen molar-refractivity contribution in [3.63, 3.8) is 0 Å². The molecule has 3 heterocycles. The zero-order chi connectivity index (χ0) is 30.2. The number of aliphatic hydroxyl groups excluding tert-OH is 1. The fourth-order valence-electron chi connectivity index (χ4n) is 6.10. The van der Waals surface area contributed by atoms with Crippen LogP contribution in [0.1, 0.15) is 34.9 Å². The summed E-state index contributed by atoms with van der Waals surface area (Å²) in [5, 5.41) is 11.5. The Morgan fingerprint density at radius 3 is 2.30 bits per heavy atom. The number of ether oxygens (including phenoxy) is 5. The molecule has 2 aliphatic rings. The maximum absolute atomic E-state index is 12.8. The van der Waals surface area contributed by atoms with Crippen LogP contribution in [0.3, 0.4) is 0 Å². The Balaban J connectivity index is 1.47. The topological polar surface area (TPSA) is 121 Å². The first-order chi connectivity index (χ1) is 20.8. The van der Waals surface area contributed by atoms with E-state index < -0.39 is 40.9 Å². The Morgan fingerprint density at radius 2 is 1.67 bits per heavy atom. The number of hydrogen-bond donors (Lipinski definition) is 2. The molecule has 10 heteroatoms. The molecule has 3 aromatic carbocycles. The Kier molecular flexibility index (Phi) is 7.70. The minimum atomic E-state index is -1.31.